The number of amides is 1. The Bertz CT molecular complexity index is 424. The second kappa shape index (κ2) is 6.89. The molecular weight excluding hydrogens is 248 g/mol. The molecule has 1 amide bonds. The number of hydrogen-bond donors (Lipinski definition) is 0. The van der Waals surface area contributed by atoms with Gasteiger partial charge < -0.3 is 4.90 Å². The van der Waals surface area contributed by atoms with E-state index in [9.17, 15) is 4.79 Å². The molecule has 110 valence electrons. The molecule has 2 rings (SSSR count). The Hall–Kier alpha value is -1.35. The van der Waals surface area contributed by atoms with Gasteiger partial charge in [0, 0.05) is 18.8 Å². The molecule has 0 aromatic heterocycles. The van der Waals surface area contributed by atoms with Crippen LogP contribution in [0.25, 0.3) is 0 Å². The molecule has 0 unspecified atom stereocenters. The number of nitrogens with zero attached hydrogens (tertiary/aromatic N) is 2. The van der Waals surface area contributed by atoms with E-state index in [2.05, 4.69) is 18.9 Å². The van der Waals surface area contributed by atoms with E-state index in [1.165, 1.54) is 25.7 Å². The summed E-state index contributed by atoms with van der Waals surface area (Å²) in [4.78, 5) is 16.3. The van der Waals surface area contributed by atoms with Crippen LogP contribution in [0.2, 0.25) is 0 Å². The minimum absolute atomic E-state index is 0.164. The monoisotopic (exact) mass is 274 g/mol. The lowest BCUT2D eigenvalue weighted by molar-refractivity contribution is -0.119. The largest absolute Gasteiger partial charge is 0.314 e. The second-order valence-electron chi connectivity index (χ2n) is 6.12. The van der Waals surface area contributed by atoms with E-state index in [1.54, 1.807) is 4.90 Å². The highest BCUT2D eigenvalue weighted by Crippen LogP contribution is 2.26. The van der Waals surface area contributed by atoms with E-state index in [4.69, 9.17) is 0 Å². The number of anilines is 1. The summed E-state index contributed by atoms with van der Waals surface area (Å²) < 4.78 is 0. The van der Waals surface area contributed by atoms with E-state index in [1.807, 2.05) is 37.4 Å². The molecule has 1 aliphatic carbocycles. The maximum Gasteiger partial charge on any atom is 0.240 e. The number of para-hydroxylation sites is 1. The van der Waals surface area contributed by atoms with Gasteiger partial charge in [-0.15, -0.1) is 0 Å². The standard InChI is InChI=1S/C17H26N2O/c1-14-9-11-15(12-10-14)18(2)13-17(20)19(3)16-7-5-4-6-8-16/h4-8,14-15H,9-13H2,1-3H3. The third-order valence-corrected chi connectivity index (χ3v) is 4.51. The average Bonchev–Trinajstić information content (AvgIpc) is 2.48. The van der Waals surface area contributed by atoms with Crippen molar-refractivity contribution in [3.05, 3.63) is 30.3 Å². The first-order valence-corrected chi connectivity index (χ1v) is 7.59. The van der Waals surface area contributed by atoms with Gasteiger partial charge in [-0.25, -0.2) is 0 Å². The third-order valence-electron chi connectivity index (χ3n) is 4.51. The van der Waals surface area contributed by atoms with E-state index < -0.39 is 0 Å². The maximum atomic E-state index is 12.3. The molecule has 3 heteroatoms. The van der Waals surface area contributed by atoms with Crippen LogP contribution in [0.15, 0.2) is 30.3 Å². The molecule has 1 aliphatic rings. The van der Waals surface area contributed by atoms with Crippen molar-refractivity contribution in [2.24, 2.45) is 5.92 Å². The van der Waals surface area contributed by atoms with E-state index >= 15 is 0 Å². The molecule has 1 fully saturated rings. The van der Waals surface area contributed by atoms with Crippen molar-refractivity contribution in [1.29, 1.82) is 0 Å². The quantitative estimate of drug-likeness (QED) is 0.842. The zero-order chi connectivity index (χ0) is 14.5. The summed E-state index contributed by atoms with van der Waals surface area (Å²) in [7, 11) is 3.94. The van der Waals surface area contributed by atoms with Crippen LogP contribution >= 0.6 is 0 Å². The van der Waals surface area contributed by atoms with Crippen LogP contribution in [0.3, 0.4) is 0 Å². The normalized spacial score (nSPS) is 22.8. The molecule has 0 bridgehead atoms. The first-order chi connectivity index (χ1) is 9.58. The first kappa shape index (κ1) is 15.0. The van der Waals surface area contributed by atoms with Crippen molar-refractivity contribution >= 4 is 11.6 Å². The highest BCUT2D eigenvalue weighted by atomic mass is 16.2. The smallest absolute Gasteiger partial charge is 0.240 e. The molecule has 3 nitrogen and oxygen atoms in total. The second-order valence-corrected chi connectivity index (χ2v) is 6.12. The third kappa shape index (κ3) is 3.83. The predicted molar refractivity (Wildman–Crippen MR) is 83.9 cm³/mol. The summed E-state index contributed by atoms with van der Waals surface area (Å²) in [6.45, 7) is 2.83. The topological polar surface area (TPSA) is 23.6 Å². The lowest BCUT2D eigenvalue weighted by atomic mass is 9.87. The van der Waals surface area contributed by atoms with Gasteiger partial charge in [0.15, 0.2) is 0 Å². The van der Waals surface area contributed by atoms with Crippen molar-refractivity contribution in [3.63, 3.8) is 0 Å². The number of likely N-dealkylation sites (N-methyl/N-ethyl adjacent to an activating group) is 2. The zero-order valence-corrected chi connectivity index (χ0v) is 12.9. The Morgan fingerprint density at radius 3 is 2.30 bits per heavy atom. The van der Waals surface area contributed by atoms with Gasteiger partial charge in [-0.3, -0.25) is 9.69 Å². The first-order valence-electron chi connectivity index (χ1n) is 7.59. The fourth-order valence-corrected chi connectivity index (χ4v) is 2.93. The summed E-state index contributed by atoms with van der Waals surface area (Å²) in [6, 6.07) is 10.4. The Kier molecular flexibility index (Phi) is 5.18. The van der Waals surface area contributed by atoms with Gasteiger partial charge in [0.2, 0.25) is 5.91 Å². The van der Waals surface area contributed by atoms with Gasteiger partial charge in [0.1, 0.15) is 0 Å². The molecule has 1 aromatic rings. The Morgan fingerprint density at radius 2 is 1.70 bits per heavy atom. The van der Waals surface area contributed by atoms with Gasteiger partial charge in [-0.2, -0.15) is 0 Å². The molecule has 0 atom stereocenters. The maximum absolute atomic E-state index is 12.3. The highest BCUT2D eigenvalue weighted by Gasteiger charge is 2.24. The molecule has 0 aliphatic heterocycles. The van der Waals surface area contributed by atoms with Crippen LogP contribution in [0.1, 0.15) is 32.6 Å². The number of carbonyl (C=O) groups excluding carboxylic acids is 1. The minimum Gasteiger partial charge on any atom is -0.314 e. The van der Waals surface area contributed by atoms with Crippen molar-refractivity contribution in [1.82, 2.24) is 4.90 Å². The highest BCUT2D eigenvalue weighted by molar-refractivity contribution is 5.94. The Labute approximate surface area is 122 Å². The van der Waals surface area contributed by atoms with Gasteiger partial charge >= 0.3 is 0 Å². The van der Waals surface area contributed by atoms with Crippen molar-refractivity contribution in [3.8, 4) is 0 Å². The molecule has 0 heterocycles. The van der Waals surface area contributed by atoms with Gasteiger partial charge in [0.25, 0.3) is 0 Å². The predicted octanol–water partition coefficient (Wildman–Crippen LogP) is 3.16. The molecule has 0 radical (unpaired) electrons. The fourth-order valence-electron chi connectivity index (χ4n) is 2.93. The number of hydrogen-bond acceptors (Lipinski definition) is 2. The van der Waals surface area contributed by atoms with Crippen molar-refractivity contribution in [2.45, 2.75) is 38.6 Å². The average molecular weight is 274 g/mol. The van der Waals surface area contributed by atoms with Crippen LogP contribution < -0.4 is 4.90 Å². The molecule has 1 saturated carbocycles. The molecule has 1 aromatic carbocycles. The van der Waals surface area contributed by atoms with Crippen LogP contribution in [0.4, 0.5) is 5.69 Å². The molecule has 20 heavy (non-hydrogen) atoms. The molecular formula is C17H26N2O. The Balaban J connectivity index is 1.87. The zero-order valence-electron chi connectivity index (χ0n) is 12.9. The van der Waals surface area contributed by atoms with Crippen LogP contribution in [-0.2, 0) is 4.79 Å². The number of rotatable bonds is 4. The van der Waals surface area contributed by atoms with Crippen LogP contribution in [0.5, 0.6) is 0 Å². The van der Waals surface area contributed by atoms with Crippen molar-refractivity contribution in [2.75, 3.05) is 25.5 Å². The molecule has 0 spiro atoms. The van der Waals surface area contributed by atoms with Crippen molar-refractivity contribution < 1.29 is 4.79 Å². The van der Waals surface area contributed by atoms with E-state index in [0.717, 1.165) is 11.6 Å². The summed E-state index contributed by atoms with van der Waals surface area (Å²) in [5, 5.41) is 0. The summed E-state index contributed by atoms with van der Waals surface area (Å²) >= 11 is 0. The SMILES string of the molecule is CC1CCC(N(C)CC(=O)N(C)c2ccccc2)CC1. The minimum atomic E-state index is 0.164. The van der Waals surface area contributed by atoms with Crippen LogP contribution in [-0.4, -0.2) is 37.5 Å². The lowest BCUT2D eigenvalue weighted by Crippen LogP contribution is -2.42. The molecule has 0 N–H and O–H groups in total. The van der Waals surface area contributed by atoms with Crippen LogP contribution in [0, 0.1) is 5.92 Å². The molecule has 0 saturated heterocycles. The van der Waals surface area contributed by atoms with E-state index in [0.29, 0.717) is 12.6 Å². The number of benzene rings is 1. The summed E-state index contributed by atoms with van der Waals surface area (Å²) in [5.41, 5.74) is 0.961. The number of carbonyl (C=O) groups is 1. The van der Waals surface area contributed by atoms with Gasteiger partial charge in [-0.05, 0) is 50.8 Å². The van der Waals surface area contributed by atoms with Gasteiger partial charge in [-0.1, -0.05) is 25.1 Å². The van der Waals surface area contributed by atoms with E-state index in [-0.39, 0.29) is 5.91 Å². The Morgan fingerprint density at radius 1 is 1.10 bits per heavy atom. The fraction of sp³-hybridized carbons (Fsp3) is 0.588. The lowest BCUT2D eigenvalue weighted by Gasteiger charge is -2.34. The summed E-state index contributed by atoms with van der Waals surface area (Å²) in [6.07, 6.45) is 5.02. The summed E-state index contributed by atoms with van der Waals surface area (Å²) in [5.74, 6) is 1.01. The van der Waals surface area contributed by atoms with Gasteiger partial charge in [0.05, 0.1) is 6.54 Å².